The van der Waals surface area contributed by atoms with Gasteiger partial charge >= 0.3 is 5.97 Å². The van der Waals surface area contributed by atoms with Crippen molar-refractivity contribution in [2.75, 3.05) is 6.61 Å². The molecule has 0 aliphatic heterocycles. The fourth-order valence-corrected chi connectivity index (χ4v) is 2.51. The first-order valence-corrected chi connectivity index (χ1v) is 10.4. The first-order chi connectivity index (χ1) is 13.1. The van der Waals surface area contributed by atoms with Crippen LogP contribution >= 0.6 is 0 Å². The standard InChI is InChI=1S/C23H38O4/c1-3-4-5-6-7-8-9-10-11-12-13-14-15-16-17-18-22(25)19-23(26)20-27-21(2)24/h7-8,10-11,17-18,23,26H,3-6,9,12-16,19-20H2,1-2H3/b8-7+,11-10+,18-17+. The Labute approximate surface area is 165 Å². The number of ketones is 1. The summed E-state index contributed by atoms with van der Waals surface area (Å²) in [5, 5.41) is 9.55. The van der Waals surface area contributed by atoms with Gasteiger partial charge in [0.1, 0.15) is 6.61 Å². The summed E-state index contributed by atoms with van der Waals surface area (Å²) in [7, 11) is 0. The average Bonchev–Trinajstić information content (AvgIpc) is 2.63. The van der Waals surface area contributed by atoms with Gasteiger partial charge in [-0.1, -0.05) is 56.6 Å². The summed E-state index contributed by atoms with van der Waals surface area (Å²) in [4.78, 5) is 22.3. The van der Waals surface area contributed by atoms with Gasteiger partial charge in [-0.2, -0.15) is 0 Å². The first-order valence-electron chi connectivity index (χ1n) is 10.4. The van der Waals surface area contributed by atoms with Crippen LogP contribution in [0.3, 0.4) is 0 Å². The number of esters is 1. The van der Waals surface area contributed by atoms with E-state index in [1.54, 1.807) is 0 Å². The molecule has 27 heavy (non-hydrogen) atoms. The monoisotopic (exact) mass is 378 g/mol. The molecule has 154 valence electrons. The molecule has 0 amide bonds. The zero-order valence-corrected chi connectivity index (χ0v) is 17.2. The Bertz CT molecular complexity index is 463. The highest BCUT2D eigenvalue weighted by atomic mass is 16.5. The van der Waals surface area contributed by atoms with Crippen LogP contribution in [0, 0.1) is 0 Å². The van der Waals surface area contributed by atoms with Gasteiger partial charge in [0.2, 0.25) is 0 Å². The van der Waals surface area contributed by atoms with Gasteiger partial charge in [0.15, 0.2) is 5.78 Å². The molecule has 0 spiro atoms. The quantitative estimate of drug-likeness (QED) is 0.158. The van der Waals surface area contributed by atoms with Crippen molar-refractivity contribution < 1.29 is 19.4 Å². The summed E-state index contributed by atoms with van der Waals surface area (Å²) < 4.78 is 4.66. The number of carbonyl (C=O) groups is 2. The lowest BCUT2D eigenvalue weighted by atomic mass is 10.1. The Hall–Kier alpha value is -1.68. The number of ether oxygens (including phenoxy) is 1. The molecule has 1 atom stereocenters. The van der Waals surface area contributed by atoms with E-state index in [4.69, 9.17) is 0 Å². The SMILES string of the molecule is CCCCC/C=C/C/C=C/CCCCC/C=C/C(=O)CC(O)COC(C)=O. The number of aliphatic hydroxyl groups is 1. The number of unbranched alkanes of at least 4 members (excludes halogenated alkanes) is 7. The van der Waals surface area contributed by atoms with Crippen LogP contribution in [0.2, 0.25) is 0 Å². The van der Waals surface area contributed by atoms with Crippen LogP contribution in [0.1, 0.15) is 84.5 Å². The van der Waals surface area contributed by atoms with Gasteiger partial charge in [-0.25, -0.2) is 0 Å². The lowest BCUT2D eigenvalue weighted by Gasteiger charge is -2.07. The maximum atomic E-state index is 11.6. The minimum absolute atomic E-state index is 0.0123. The predicted molar refractivity (Wildman–Crippen MR) is 112 cm³/mol. The van der Waals surface area contributed by atoms with Crippen LogP contribution in [0.15, 0.2) is 36.5 Å². The lowest BCUT2D eigenvalue weighted by Crippen LogP contribution is -2.20. The molecule has 0 aromatic heterocycles. The second kappa shape index (κ2) is 19.1. The van der Waals surface area contributed by atoms with Crippen LogP contribution in [0.4, 0.5) is 0 Å². The molecule has 4 heteroatoms. The normalized spacial score (nSPS) is 13.0. The molecule has 0 aromatic rings. The van der Waals surface area contributed by atoms with Crippen LogP contribution in [0.25, 0.3) is 0 Å². The highest BCUT2D eigenvalue weighted by Gasteiger charge is 2.09. The number of hydrogen-bond donors (Lipinski definition) is 1. The van der Waals surface area contributed by atoms with E-state index >= 15 is 0 Å². The molecule has 0 aromatic carbocycles. The summed E-state index contributed by atoms with van der Waals surface area (Å²) in [6.07, 6.45) is 22.9. The lowest BCUT2D eigenvalue weighted by molar-refractivity contribution is -0.144. The van der Waals surface area contributed by atoms with Crippen molar-refractivity contribution in [2.45, 2.75) is 90.6 Å². The molecular formula is C23H38O4. The minimum Gasteiger partial charge on any atom is -0.463 e. The summed E-state index contributed by atoms with van der Waals surface area (Å²) in [6.45, 7) is 3.37. The van der Waals surface area contributed by atoms with E-state index < -0.39 is 12.1 Å². The molecule has 0 aliphatic rings. The summed E-state index contributed by atoms with van der Waals surface area (Å²) >= 11 is 0. The van der Waals surface area contributed by atoms with E-state index in [0.29, 0.717) is 0 Å². The summed E-state index contributed by atoms with van der Waals surface area (Å²) in [5.41, 5.74) is 0. The van der Waals surface area contributed by atoms with E-state index in [0.717, 1.165) is 32.1 Å². The number of aliphatic hydroxyl groups excluding tert-OH is 1. The summed E-state index contributed by atoms with van der Waals surface area (Å²) in [6, 6.07) is 0. The fraction of sp³-hybridized carbons (Fsp3) is 0.652. The maximum Gasteiger partial charge on any atom is 0.302 e. The van der Waals surface area contributed by atoms with Gasteiger partial charge < -0.3 is 9.84 Å². The molecule has 0 aliphatic carbocycles. The molecule has 0 saturated heterocycles. The highest BCUT2D eigenvalue weighted by Crippen LogP contribution is 2.06. The zero-order valence-electron chi connectivity index (χ0n) is 17.2. The average molecular weight is 379 g/mol. The molecule has 1 unspecified atom stereocenters. The fourth-order valence-electron chi connectivity index (χ4n) is 2.51. The van der Waals surface area contributed by atoms with Crippen LogP contribution in [-0.2, 0) is 14.3 Å². The first kappa shape index (κ1) is 25.3. The van der Waals surface area contributed by atoms with Crippen LogP contribution in [0.5, 0.6) is 0 Å². The second-order valence-corrected chi connectivity index (χ2v) is 6.84. The zero-order chi connectivity index (χ0) is 20.2. The van der Waals surface area contributed by atoms with Gasteiger partial charge in [-0.3, -0.25) is 9.59 Å². The van der Waals surface area contributed by atoms with Gasteiger partial charge in [0, 0.05) is 13.3 Å². The Morgan fingerprint density at radius 3 is 2.07 bits per heavy atom. The van der Waals surface area contributed by atoms with E-state index in [1.165, 1.54) is 45.1 Å². The van der Waals surface area contributed by atoms with Crippen LogP contribution < -0.4 is 0 Å². The number of rotatable bonds is 17. The van der Waals surface area contributed by atoms with Crippen molar-refractivity contribution in [3.8, 4) is 0 Å². The largest absolute Gasteiger partial charge is 0.463 e. The molecule has 0 bridgehead atoms. The maximum absolute atomic E-state index is 11.6. The summed E-state index contributed by atoms with van der Waals surface area (Å²) in [5.74, 6) is -0.592. The van der Waals surface area contributed by atoms with Crippen molar-refractivity contribution in [1.82, 2.24) is 0 Å². The highest BCUT2D eigenvalue weighted by molar-refractivity contribution is 5.89. The van der Waals surface area contributed by atoms with Crippen molar-refractivity contribution in [2.24, 2.45) is 0 Å². The molecule has 0 radical (unpaired) electrons. The van der Waals surface area contributed by atoms with E-state index in [9.17, 15) is 14.7 Å². The number of hydrogen-bond acceptors (Lipinski definition) is 4. The number of carbonyl (C=O) groups excluding carboxylic acids is 2. The van der Waals surface area contributed by atoms with Crippen molar-refractivity contribution >= 4 is 11.8 Å². The minimum atomic E-state index is -0.927. The molecule has 1 N–H and O–H groups in total. The van der Waals surface area contributed by atoms with Crippen molar-refractivity contribution in [3.05, 3.63) is 36.5 Å². The topological polar surface area (TPSA) is 63.6 Å². The third-order valence-corrected chi connectivity index (χ3v) is 4.04. The van der Waals surface area contributed by atoms with Crippen LogP contribution in [-0.4, -0.2) is 29.6 Å². The Morgan fingerprint density at radius 2 is 1.48 bits per heavy atom. The Balaban J connectivity index is 3.52. The van der Waals surface area contributed by atoms with Gasteiger partial charge in [-0.05, 0) is 51.0 Å². The van der Waals surface area contributed by atoms with Gasteiger partial charge in [0.25, 0.3) is 0 Å². The Kier molecular flexibility index (Phi) is 17.9. The predicted octanol–water partition coefficient (Wildman–Crippen LogP) is 5.46. The third kappa shape index (κ3) is 20.5. The number of allylic oxidation sites excluding steroid dienone is 6. The van der Waals surface area contributed by atoms with Gasteiger partial charge in [0.05, 0.1) is 6.10 Å². The molecule has 0 rings (SSSR count). The third-order valence-electron chi connectivity index (χ3n) is 4.04. The second-order valence-electron chi connectivity index (χ2n) is 6.84. The Morgan fingerprint density at radius 1 is 0.889 bits per heavy atom. The molecule has 0 heterocycles. The van der Waals surface area contributed by atoms with E-state index in [2.05, 4.69) is 36.0 Å². The van der Waals surface area contributed by atoms with Gasteiger partial charge in [-0.15, -0.1) is 0 Å². The molecular weight excluding hydrogens is 340 g/mol. The van der Waals surface area contributed by atoms with E-state index in [-0.39, 0.29) is 18.8 Å². The van der Waals surface area contributed by atoms with Crippen molar-refractivity contribution in [1.29, 1.82) is 0 Å². The molecule has 4 nitrogen and oxygen atoms in total. The molecule has 0 fully saturated rings. The van der Waals surface area contributed by atoms with Crippen molar-refractivity contribution in [3.63, 3.8) is 0 Å². The van der Waals surface area contributed by atoms with E-state index in [1.807, 2.05) is 6.08 Å². The molecule has 0 saturated carbocycles. The smallest absolute Gasteiger partial charge is 0.302 e.